The number of aromatic amines is 1. The first-order valence-electron chi connectivity index (χ1n) is 6.08. The molecule has 3 rings (SSSR count). The van der Waals surface area contributed by atoms with Crippen LogP contribution in [0.2, 0.25) is 0 Å². The molecule has 0 aliphatic rings. The van der Waals surface area contributed by atoms with Gasteiger partial charge < -0.3 is 15.3 Å². The van der Waals surface area contributed by atoms with Crippen LogP contribution >= 0.6 is 0 Å². The third-order valence-electron chi connectivity index (χ3n) is 3.28. The van der Waals surface area contributed by atoms with Gasteiger partial charge in [-0.15, -0.1) is 0 Å². The number of imidazole rings is 1. The van der Waals surface area contributed by atoms with Crippen molar-refractivity contribution < 1.29 is 0 Å². The van der Waals surface area contributed by atoms with E-state index in [0.717, 1.165) is 23.2 Å². The first-order chi connectivity index (χ1) is 8.81. The maximum absolute atomic E-state index is 5.67. The normalized spacial score (nSPS) is 11.2. The lowest BCUT2D eigenvalue weighted by atomic mass is 10.1. The molecule has 0 aliphatic heterocycles. The topological polar surface area (TPSA) is 59.6 Å². The maximum Gasteiger partial charge on any atom is 0.0953 e. The van der Waals surface area contributed by atoms with Gasteiger partial charge in [0.05, 0.1) is 12.0 Å². The Labute approximate surface area is 105 Å². The number of hydrogen-bond donors (Lipinski definition) is 2. The van der Waals surface area contributed by atoms with Crippen LogP contribution in [-0.4, -0.2) is 21.1 Å². The predicted molar refractivity (Wildman–Crippen MR) is 73.3 cm³/mol. The van der Waals surface area contributed by atoms with Crippen LogP contribution in [0.3, 0.4) is 0 Å². The van der Waals surface area contributed by atoms with Gasteiger partial charge in [0.1, 0.15) is 0 Å². The van der Waals surface area contributed by atoms with Gasteiger partial charge in [0, 0.05) is 41.8 Å². The van der Waals surface area contributed by atoms with Crippen molar-refractivity contribution in [2.24, 2.45) is 12.8 Å². The van der Waals surface area contributed by atoms with Crippen LogP contribution in [0, 0.1) is 0 Å². The Hall–Kier alpha value is -2.07. The number of benzene rings is 1. The van der Waals surface area contributed by atoms with Gasteiger partial charge in [0.25, 0.3) is 0 Å². The van der Waals surface area contributed by atoms with Crippen molar-refractivity contribution in [1.82, 2.24) is 14.5 Å². The highest BCUT2D eigenvalue weighted by molar-refractivity contribution is 5.95. The first kappa shape index (κ1) is 11.0. The van der Waals surface area contributed by atoms with Crippen molar-refractivity contribution >= 4 is 10.9 Å². The number of hydrogen-bond acceptors (Lipinski definition) is 2. The fourth-order valence-corrected chi connectivity index (χ4v) is 2.38. The van der Waals surface area contributed by atoms with E-state index in [1.165, 1.54) is 11.1 Å². The molecule has 1 aromatic carbocycles. The van der Waals surface area contributed by atoms with Crippen LogP contribution in [0.15, 0.2) is 36.8 Å². The molecular formula is C14H16N4. The van der Waals surface area contributed by atoms with E-state index in [-0.39, 0.29) is 0 Å². The summed E-state index contributed by atoms with van der Waals surface area (Å²) in [6.45, 7) is 0.634. The zero-order valence-electron chi connectivity index (χ0n) is 10.4. The largest absolute Gasteiger partial charge is 0.360 e. The Morgan fingerprint density at radius 1 is 1.33 bits per heavy atom. The summed E-state index contributed by atoms with van der Waals surface area (Å²) in [6, 6.07) is 8.26. The van der Waals surface area contributed by atoms with E-state index in [0.29, 0.717) is 6.54 Å². The zero-order chi connectivity index (χ0) is 12.5. The van der Waals surface area contributed by atoms with Crippen LogP contribution in [0.25, 0.3) is 22.2 Å². The number of nitrogens with two attached hydrogens (primary N) is 1. The molecule has 2 aromatic heterocycles. The Morgan fingerprint density at radius 3 is 3.00 bits per heavy atom. The number of nitrogens with one attached hydrogen (secondary N) is 1. The summed E-state index contributed by atoms with van der Waals surface area (Å²) in [7, 11) is 2.01. The van der Waals surface area contributed by atoms with Crippen LogP contribution in [-0.2, 0) is 13.5 Å². The smallest absolute Gasteiger partial charge is 0.0953 e. The van der Waals surface area contributed by atoms with Gasteiger partial charge in [-0.05, 0) is 12.6 Å². The van der Waals surface area contributed by atoms with E-state index in [4.69, 9.17) is 5.73 Å². The van der Waals surface area contributed by atoms with Crippen LogP contribution in [0.5, 0.6) is 0 Å². The molecule has 18 heavy (non-hydrogen) atoms. The standard InChI is InChI=1S/C14H16N4/c1-18-9-17-14(13(18)6-7-15)11-8-16-12-5-3-2-4-10(11)12/h2-5,8-9,16H,6-7,15H2,1H3. The first-order valence-corrected chi connectivity index (χ1v) is 6.08. The maximum atomic E-state index is 5.67. The number of H-pyrrole nitrogens is 1. The van der Waals surface area contributed by atoms with Crippen molar-refractivity contribution in [3.05, 3.63) is 42.5 Å². The monoisotopic (exact) mass is 240 g/mol. The Kier molecular flexibility index (Phi) is 2.64. The Balaban J connectivity index is 2.20. The molecule has 0 radical (unpaired) electrons. The minimum Gasteiger partial charge on any atom is -0.360 e. The lowest BCUT2D eigenvalue weighted by molar-refractivity contribution is 0.805. The fraction of sp³-hybridized carbons (Fsp3) is 0.214. The van der Waals surface area contributed by atoms with E-state index in [2.05, 4.69) is 22.1 Å². The average Bonchev–Trinajstić information content (AvgIpc) is 2.95. The van der Waals surface area contributed by atoms with Crippen molar-refractivity contribution in [3.8, 4) is 11.3 Å². The summed E-state index contributed by atoms with van der Waals surface area (Å²) < 4.78 is 2.05. The molecule has 4 heteroatoms. The van der Waals surface area contributed by atoms with E-state index >= 15 is 0 Å². The zero-order valence-corrected chi connectivity index (χ0v) is 10.4. The Bertz CT molecular complexity index is 678. The van der Waals surface area contributed by atoms with Gasteiger partial charge in [0.2, 0.25) is 0 Å². The molecule has 0 unspecified atom stereocenters. The summed E-state index contributed by atoms with van der Waals surface area (Å²) in [5, 5.41) is 1.20. The van der Waals surface area contributed by atoms with E-state index in [9.17, 15) is 0 Å². The van der Waals surface area contributed by atoms with Crippen LogP contribution < -0.4 is 5.73 Å². The van der Waals surface area contributed by atoms with Gasteiger partial charge in [0.15, 0.2) is 0 Å². The highest BCUT2D eigenvalue weighted by atomic mass is 15.0. The number of rotatable bonds is 3. The Morgan fingerprint density at radius 2 is 2.17 bits per heavy atom. The van der Waals surface area contributed by atoms with Crippen molar-refractivity contribution in [2.45, 2.75) is 6.42 Å². The lowest BCUT2D eigenvalue weighted by Gasteiger charge is -2.03. The van der Waals surface area contributed by atoms with Crippen LogP contribution in [0.4, 0.5) is 0 Å². The molecule has 0 aliphatic carbocycles. The molecule has 0 atom stereocenters. The van der Waals surface area contributed by atoms with Crippen molar-refractivity contribution in [2.75, 3.05) is 6.54 Å². The number of aryl methyl sites for hydroxylation is 1. The molecule has 0 amide bonds. The lowest BCUT2D eigenvalue weighted by Crippen LogP contribution is -2.07. The second-order valence-corrected chi connectivity index (χ2v) is 4.44. The molecule has 0 fully saturated rings. The molecule has 0 bridgehead atoms. The van der Waals surface area contributed by atoms with Crippen molar-refractivity contribution in [3.63, 3.8) is 0 Å². The highest BCUT2D eigenvalue weighted by Gasteiger charge is 2.13. The molecule has 3 aromatic rings. The van der Waals surface area contributed by atoms with Gasteiger partial charge in [-0.3, -0.25) is 0 Å². The van der Waals surface area contributed by atoms with Gasteiger partial charge in [-0.1, -0.05) is 18.2 Å². The van der Waals surface area contributed by atoms with E-state index in [1.807, 2.05) is 36.3 Å². The van der Waals surface area contributed by atoms with Crippen LogP contribution in [0.1, 0.15) is 5.69 Å². The number of aromatic nitrogens is 3. The number of nitrogens with zero attached hydrogens (tertiary/aromatic N) is 2. The predicted octanol–water partition coefficient (Wildman–Crippen LogP) is 2.07. The molecule has 0 spiro atoms. The summed E-state index contributed by atoms with van der Waals surface area (Å²) in [4.78, 5) is 7.80. The highest BCUT2D eigenvalue weighted by Crippen LogP contribution is 2.29. The minimum absolute atomic E-state index is 0.634. The summed E-state index contributed by atoms with van der Waals surface area (Å²) in [5.74, 6) is 0. The second kappa shape index (κ2) is 4.31. The molecule has 4 nitrogen and oxygen atoms in total. The SMILES string of the molecule is Cn1cnc(-c2c[nH]c3ccccc23)c1CCN. The quantitative estimate of drug-likeness (QED) is 0.736. The van der Waals surface area contributed by atoms with E-state index in [1.54, 1.807) is 0 Å². The van der Waals surface area contributed by atoms with Gasteiger partial charge in [-0.25, -0.2) is 4.98 Å². The molecule has 3 N–H and O–H groups in total. The number of para-hydroxylation sites is 1. The summed E-state index contributed by atoms with van der Waals surface area (Å²) in [6.07, 6.45) is 4.71. The third-order valence-corrected chi connectivity index (χ3v) is 3.28. The van der Waals surface area contributed by atoms with Gasteiger partial charge >= 0.3 is 0 Å². The average molecular weight is 240 g/mol. The summed E-state index contributed by atoms with van der Waals surface area (Å²) >= 11 is 0. The second-order valence-electron chi connectivity index (χ2n) is 4.44. The molecular weight excluding hydrogens is 224 g/mol. The van der Waals surface area contributed by atoms with Gasteiger partial charge in [-0.2, -0.15) is 0 Å². The molecule has 92 valence electrons. The fourth-order valence-electron chi connectivity index (χ4n) is 2.38. The van der Waals surface area contributed by atoms with Crippen molar-refractivity contribution in [1.29, 1.82) is 0 Å². The van der Waals surface area contributed by atoms with E-state index < -0.39 is 0 Å². The minimum atomic E-state index is 0.634. The molecule has 0 saturated heterocycles. The third kappa shape index (κ3) is 1.62. The molecule has 2 heterocycles. The summed E-state index contributed by atoms with van der Waals surface area (Å²) in [5.41, 5.74) is 10.2. The molecule has 0 saturated carbocycles. The number of fused-ring (bicyclic) bond motifs is 1.